The predicted molar refractivity (Wildman–Crippen MR) is 83.2 cm³/mol. The number of hydrogen-bond donors (Lipinski definition) is 1. The van der Waals surface area contributed by atoms with Crippen molar-refractivity contribution in [3.63, 3.8) is 0 Å². The summed E-state index contributed by atoms with van der Waals surface area (Å²) in [5, 5.41) is 0. The number of nitrogens with zero attached hydrogens (tertiary/aromatic N) is 1. The van der Waals surface area contributed by atoms with Gasteiger partial charge in [-0.3, -0.25) is 0 Å². The van der Waals surface area contributed by atoms with Crippen LogP contribution < -0.4 is 15.4 Å². The average molecular weight is 286 g/mol. The van der Waals surface area contributed by atoms with Crippen LogP contribution in [0.2, 0.25) is 0 Å². The Morgan fingerprint density at radius 2 is 2.14 bits per heavy atom. The minimum atomic E-state index is -0.275. The molecular formula is C17H19FN2O. The summed E-state index contributed by atoms with van der Waals surface area (Å²) >= 11 is 0. The number of ether oxygens (including phenoxy) is 1. The number of nitrogens with two attached hydrogens (primary N) is 1. The summed E-state index contributed by atoms with van der Waals surface area (Å²) in [5.74, 6) is 0.0182. The van der Waals surface area contributed by atoms with Crippen molar-refractivity contribution in [3.8, 4) is 5.75 Å². The highest BCUT2D eigenvalue weighted by molar-refractivity contribution is 5.61. The fourth-order valence-electron chi connectivity index (χ4n) is 2.90. The smallest absolute Gasteiger partial charge is 0.170 e. The zero-order valence-electron chi connectivity index (χ0n) is 12.1. The highest BCUT2D eigenvalue weighted by atomic mass is 19.1. The third kappa shape index (κ3) is 2.66. The van der Waals surface area contributed by atoms with Crippen LogP contribution in [0.15, 0.2) is 36.4 Å². The van der Waals surface area contributed by atoms with E-state index in [0.717, 1.165) is 30.8 Å². The first kappa shape index (κ1) is 13.7. The van der Waals surface area contributed by atoms with Gasteiger partial charge in [0, 0.05) is 30.0 Å². The van der Waals surface area contributed by atoms with Crippen LogP contribution in [0.3, 0.4) is 0 Å². The molecule has 1 heterocycles. The molecule has 2 N–H and O–H groups in total. The SMILES string of the molecule is COc1cccc(CN2CCCc3cc(N)ccc32)c1F. The molecule has 0 bridgehead atoms. The predicted octanol–water partition coefficient (Wildman–Crippen LogP) is 3.37. The normalized spacial score (nSPS) is 13.9. The number of nitrogen functional groups attached to an aromatic ring is 1. The summed E-state index contributed by atoms with van der Waals surface area (Å²) in [6, 6.07) is 11.2. The Morgan fingerprint density at radius 1 is 1.29 bits per heavy atom. The van der Waals surface area contributed by atoms with Crippen molar-refractivity contribution in [2.24, 2.45) is 0 Å². The number of anilines is 2. The monoisotopic (exact) mass is 286 g/mol. The van der Waals surface area contributed by atoms with E-state index in [1.54, 1.807) is 6.07 Å². The number of rotatable bonds is 3. The number of hydrogen-bond acceptors (Lipinski definition) is 3. The zero-order chi connectivity index (χ0) is 14.8. The van der Waals surface area contributed by atoms with Crippen LogP contribution in [0.5, 0.6) is 5.75 Å². The second-order valence-electron chi connectivity index (χ2n) is 5.35. The molecule has 0 spiro atoms. The molecule has 0 amide bonds. The fourth-order valence-corrected chi connectivity index (χ4v) is 2.90. The molecule has 0 aliphatic carbocycles. The summed E-state index contributed by atoms with van der Waals surface area (Å²) < 4.78 is 19.3. The molecule has 0 atom stereocenters. The molecule has 0 fully saturated rings. The van der Waals surface area contributed by atoms with Crippen molar-refractivity contribution in [3.05, 3.63) is 53.3 Å². The molecule has 0 saturated heterocycles. The molecule has 4 heteroatoms. The van der Waals surface area contributed by atoms with Gasteiger partial charge in [0.25, 0.3) is 0 Å². The molecule has 0 radical (unpaired) electrons. The van der Waals surface area contributed by atoms with Crippen molar-refractivity contribution in [2.75, 3.05) is 24.3 Å². The number of fused-ring (bicyclic) bond motifs is 1. The Labute approximate surface area is 124 Å². The fraction of sp³-hybridized carbons (Fsp3) is 0.294. The van der Waals surface area contributed by atoms with Crippen LogP contribution in [0.25, 0.3) is 0 Å². The molecule has 110 valence electrons. The number of halogens is 1. The lowest BCUT2D eigenvalue weighted by molar-refractivity contribution is 0.384. The van der Waals surface area contributed by atoms with Crippen molar-refractivity contribution in [1.29, 1.82) is 0 Å². The Balaban J connectivity index is 1.90. The maximum Gasteiger partial charge on any atom is 0.170 e. The van der Waals surface area contributed by atoms with Gasteiger partial charge >= 0.3 is 0 Å². The molecule has 3 nitrogen and oxygen atoms in total. The van der Waals surface area contributed by atoms with Gasteiger partial charge in [-0.1, -0.05) is 12.1 Å². The maximum atomic E-state index is 14.3. The molecule has 2 aromatic rings. The first-order valence-corrected chi connectivity index (χ1v) is 7.14. The van der Waals surface area contributed by atoms with Crippen LogP contribution in [0.4, 0.5) is 15.8 Å². The summed E-state index contributed by atoms with van der Waals surface area (Å²) in [6.45, 7) is 1.47. The highest BCUT2D eigenvalue weighted by Gasteiger charge is 2.19. The topological polar surface area (TPSA) is 38.5 Å². The lowest BCUT2D eigenvalue weighted by atomic mass is 10.0. The molecule has 2 aromatic carbocycles. The van der Waals surface area contributed by atoms with E-state index in [2.05, 4.69) is 4.90 Å². The van der Waals surface area contributed by atoms with Gasteiger partial charge in [-0.2, -0.15) is 0 Å². The van der Waals surface area contributed by atoms with E-state index >= 15 is 0 Å². The van der Waals surface area contributed by atoms with E-state index in [4.69, 9.17) is 10.5 Å². The largest absolute Gasteiger partial charge is 0.494 e. The van der Waals surface area contributed by atoms with Crippen LogP contribution in [-0.2, 0) is 13.0 Å². The third-order valence-electron chi connectivity index (χ3n) is 3.94. The minimum Gasteiger partial charge on any atom is -0.494 e. The Kier molecular flexibility index (Phi) is 3.69. The van der Waals surface area contributed by atoms with Crippen molar-refractivity contribution < 1.29 is 9.13 Å². The van der Waals surface area contributed by atoms with Gasteiger partial charge in [0.05, 0.1) is 7.11 Å². The van der Waals surface area contributed by atoms with Gasteiger partial charge in [0.2, 0.25) is 0 Å². The van der Waals surface area contributed by atoms with Crippen molar-refractivity contribution in [2.45, 2.75) is 19.4 Å². The lowest BCUT2D eigenvalue weighted by Crippen LogP contribution is -2.29. The molecule has 0 aromatic heterocycles. The number of benzene rings is 2. The van der Waals surface area contributed by atoms with E-state index in [9.17, 15) is 4.39 Å². The van der Waals surface area contributed by atoms with Gasteiger partial charge in [-0.15, -0.1) is 0 Å². The van der Waals surface area contributed by atoms with Gasteiger partial charge in [0.15, 0.2) is 11.6 Å². The van der Waals surface area contributed by atoms with Crippen LogP contribution in [0.1, 0.15) is 17.5 Å². The second-order valence-corrected chi connectivity index (χ2v) is 5.35. The van der Waals surface area contributed by atoms with E-state index in [1.807, 2.05) is 30.3 Å². The Morgan fingerprint density at radius 3 is 2.95 bits per heavy atom. The molecule has 0 unspecified atom stereocenters. The standard InChI is InChI=1S/C17H19FN2O/c1-21-16-6-2-4-13(17(16)18)11-20-9-3-5-12-10-14(19)7-8-15(12)20/h2,4,6-8,10H,3,5,9,11,19H2,1H3. The second kappa shape index (κ2) is 5.64. The highest BCUT2D eigenvalue weighted by Crippen LogP contribution is 2.31. The van der Waals surface area contributed by atoms with Gasteiger partial charge < -0.3 is 15.4 Å². The Hall–Kier alpha value is -2.23. The molecule has 3 rings (SSSR count). The first-order chi connectivity index (χ1) is 10.2. The summed E-state index contributed by atoms with van der Waals surface area (Å²) in [6.07, 6.45) is 2.08. The summed E-state index contributed by atoms with van der Waals surface area (Å²) in [4.78, 5) is 2.20. The van der Waals surface area contributed by atoms with E-state index < -0.39 is 0 Å². The van der Waals surface area contributed by atoms with Crippen LogP contribution >= 0.6 is 0 Å². The van der Waals surface area contributed by atoms with E-state index in [-0.39, 0.29) is 5.82 Å². The van der Waals surface area contributed by atoms with Gasteiger partial charge in [-0.25, -0.2) is 4.39 Å². The van der Waals surface area contributed by atoms with Gasteiger partial charge in [-0.05, 0) is 42.7 Å². The van der Waals surface area contributed by atoms with E-state index in [0.29, 0.717) is 17.9 Å². The first-order valence-electron chi connectivity index (χ1n) is 7.14. The average Bonchev–Trinajstić information content (AvgIpc) is 2.49. The van der Waals surface area contributed by atoms with E-state index in [1.165, 1.54) is 12.7 Å². The quantitative estimate of drug-likeness (QED) is 0.879. The van der Waals surface area contributed by atoms with Gasteiger partial charge in [0.1, 0.15) is 0 Å². The number of aryl methyl sites for hydroxylation is 1. The van der Waals surface area contributed by atoms with Crippen LogP contribution in [0, 0.1) is 5.82 Å². The van der Waals surface area contributed by atoms with Crippen molar-refractivity contribution in [1.82, 2.24) is 0 Å². The molecular weight excluding hydrogens is 267 g/mol. The maximum absolute atomic E-state index is 14.3. The third-order valence-corrected chi connectivity index (χ3v) is 3.94. The summed E-state index contributed by atoms with van der Waals surface area (Å²) in [7, 11) is 1.49. The van der Waals surface area contributed by atoms with Crippen LogP contribution in [-0.4, -0.2) is 13.7 Å². The minimum absolute atomic E-state index is 0.275. The zero-order valence-corrected chi connectivity index (χ0v) is 12.1. The molecule has 1 aliphatic rings. The molecule has 0 saturated carbocycles. The summed E-state index contributed by atoms with van der Waals surface area (Å²) in [5.41, 5.74) is 9.67. The number of methoxy groups -OCH3 is 1. The lowest BCUT2D eigenvalue weighted by Gasteiger charge is -2.31. The molecule has 21 heavy (non-hydrogen) atoms. The van der Waals surface area contributed by atoms with Crippen molar-refractivity contribution >= 4 is 11.4 Å². The Bertz CT molecular complexity index is 657. The molecule has 1 aliphatic heterocycles.